The summed E-state index contributed by atoms with van der Waals surface area (Å²) in [5.74, 6) is -0.00304. The molecule has 2 aromatic rings. The number of carbonyl (C=O) groups is 1. The molecule has 0 spiro atoms. The van der Waals surface area contributed by atoms with Crippen LogP contribution in [0.3, 0.4) is 0 Å². The summed E-state index contributed by atoms with van der Waals surface area (Å²) in [6.07, 6.45) is 0. The monoisotopic (exact) mass is 304 g/mol. The molecule has 1 saturated heterocycles. The molecule has 0 saturated carbocycles. The van der Waals surface area contributed by atoms with Crippen molar-refractivity contribution >= 4 is 17.5 Å². The number of halogens is 1. The lowest BCUT2D eigenvalue weighted by molar-refractivity contribution is 0.0649. The van der Waals surface area contributed by atoms with Crippen molar-refractivity contribution in [2.45, 2.75) is 13.0 Å². The fourth-order valence-electron chi connectivity index (χ4n) is 2.50. The Kier molecular flexibility index (Phi) is 3.94. The maximum atomic E-state index is 12.5. The third-order valence-electron chi connectivity index (χ3n) is 3.71. The summed E-state index contributed by atoms with van der Waals surface area (Å²) in [5.41, 5.74) is 2.20. The second-order valence-electron chi connectivity index (χ2n) is 5.23. The van der Waals surface area contributed by atoms with E-state index >= 15 is 0 Å². The molecule has 1 aromatic carbocycles. The Labute approximate surface area is 128 Å². The number of H-pyrrole nitrogens is 1. The van der Waals surface area contributed by atoms with Gasteiger partial charge in [-0.1, -0.05) is 23.7 Å². The molecule has 5 nitrogen and oxygen atoms in total. The molecule has 1 aliphatic rings. The number of hydrogen-bond acceptors (Lipinski definition) is 3. The van der Waals surface area contributed by atoms with Crippen molar-refractivity contribution in [3.63, 3.8) is 0 Å². The number of hydrogen-bond donors (Lipinski definition) is 2. The Hall–Kier alpha value is -1.85. The van der Waals surface area contributed by atoms with Crippen LogP contribution in [-0.2, 0) is 0 Å². The fourth-order valence-corrected chi connectivity index (χ4v) is 2.62. The van der Waals surface area contributed by atoms with Crippen LogP contribution in [0.4, 0.5) is 0 Å². The summed E-state index contributed by atoms with van der Waals surface area (Å²) in [6, 6.07) is 9.38. The fraction of sp³-hybridized carbons (Fsp3) is 0.333. The Morgan fingerprint density at radius 2 is 2.14 bits per heavy atom. The number of piperazine rings is 1. The zero-order valence-corrected chi connectivity index (χ0v) is 12.5. The molecular weight excluding hydrogens is 288 g/mol. The first-order valence-corrected chi connectivity index (χ1v) is 7.36. The number of nitrogens with one attached hydrogen (secondary N) is 2. The first kappa shape index (κ1) is 14.1. The van der Waals surface area contributed by atoms with Crippen LogP contribution < -0.4 is 5.32 Å². The van der Waals surface area contributed by atoms with Crippen LogP contribution in [-0.4, -0.2) is 46.7 Å². The molecule has 3 rings (SSSR count). The second-order valence-corrected chi connectivity index (χ2v) is 5.66. The van der Waals surface area contributed by atoms with Gasteiger partial charge in [-0.3, -0.25) is 9.89 Å². The van der Waals surface area contributed by atoms with Crippen molar-refractivity contribution in [2.24, 2.45) is 0 Å². The molecule has 0 bridgehead atoms. The predicted octanol–water partition coefficient (Wildman–Crippen LogP) is 2.16. The average Bonchev–Trinajstić information content (AvgIpc) is 2.98. The molecule has 110 valence electrons. The highest BCUT2D eigenvalue weighted by Crippen LogP contribution is 2.21. The summed E-state index contributed by atoms with van der Waals surface area (Å²) in [5, 5.41) is 11.0. The molecule has 1 atom stereocenters. The molecule has 2 N–H and O–H groups in total. The molecule has 2 heterocycles. The van der Waals surface area contributed by atoms with Crippen molar-refractivity contribution < 1.29 is 4.79 Å². The molecule has 1 fully saturated rings. The summed E-state index contributed by atoms with van der Waals surface area (Å²) in [6.45, 7) is 4.41. The van der Waals surface area contributed by atoms with E-state index in [2.05, 4.69) is 15.5 Å². The molecule has 1 aromatic heterocycles. The maximum absolute atomic E-state index is 12.5. The lowest BCUT2D eigenvalue weighted by Gasteiger charge is -2.33. The Morgan fingerprint density at radius 3 is 2.86 bits per heavy atom. The van der Waals surface area contributed by atoms with Gasteiger partial charge < -0.3 is 10.2 Å². The van der Waals surface area contributed by atoms with Gasteiger partial charge >= 0.3 is 0 Å². The van der Waals surface area contributed by atoms with Crippen LogP contribution in [0.1, 0.15) is 17.4 Å². The minimum Gasteiger partial charge on any atom is -0.332 e. The van der Waals surface area contributed by atoms with E-state index in [0.29, 0.717) is 10.7 Å². The van der Waals surface area contributed by atoms with Crippen molar-refractivity contribution in [3.8, 4) is 11.3 Å². The lowest BCUT2D eigenvalue weighted by Crippen LogP contribution is -2.52. The van der Waals surface area contributed by atoms with Gasteiger partial charge in [0.15, 0.2) is 0 Å². The predicted molar refractivity (Wildman–Crippen MR) is 82.4 cm³/mol. The van der Waals surface area contributed by atoms with E-state index in [-0.39, 0.29) is 11.9 Å². The molecule has 1 unspecified atom stereocenters. The van der Waals surface area contributed by atoms with Gasteiger partial charge in [-0.2, -0.15) is 5.10 Å². The molecule has 1 aliphatic heterocycles. The highest BCUT2D eigenvalue weighted by Gasteiger charge is 2.25. The van der Waals surface area contributed by atoms with Crippen molar-refractivity contribution in [1.29, 1.82) is 0 Å². The van der Waals surface area contributed by atoms with Crippen molar-refractivity contribution in [1.82, 2.24) is 20.4 Å². The standard InChI is InChI=1S/C15H17ClN4O/c1-10-9-17-6-7-20(10)15(21)14-8-13(18-19-14)11-2-4-12(16)5-3-11/h2-5,8,10,17H,6-7,9H2,1H3,(H,18,19). The van der Waals surface area contributed by atoms with Crippen LogP contribution >= 0.6 is 11.6 Å². The largest absolute Gasteiger partial charge is 0.332 e. The number of nitrogens with zero attached hydrogens (tertiary/aromatic N) is 2. The maximum Gasteiger partial charge on any atom is 0.272 e. The second kappa shape index (κ2) is 5.87. The van der Waals surface area contributed by atoms with Crippen LogP contribution in [0, 0.1) is 0 Å². The number of carbonyl (C=O) groups excluding carboxylic acids is 1. The van der Waals surface area contributed by atoms with E-state index in [9.17, 15) is 4.79 Å². The number of aromatic nitrogens is 2. The SMILES string of the molecule is CC1CNCCN1C(=O)c1cc(-c2ccc(Cl)cc2)n[nH]1. The van der Waals surface area contributed by atoms with E-state index in [1.54, 1.807) is 6.07 Å². The number of amides is 1. The van der Waals surface area contributed by atoms with Gasteiger partial charge in [0, 0.05) is 36.3 Å². The zero-order chi connectivity index (χ0) is 14.8. The minimum atomic E-state index is -0.00304. The van der Waals surface area contributed by atoms with Crippen LogP contribution in [0.2, 0.25) is 5.02 Å². The number of rotatable bonds is 2. The Morgan fingerprint density at radius 1 is 1.38 bits per heavy atom. The highest BCUT2D eigenvalue weighted by molar-refractivity contribution is 6.30. The van der Waals surface area contributed by atoms with Crippen LogP contribution in [0.25, 0.3) is 11.3 Å². The van der Waals surface area contributed by atoms with Gasteiger partial charge in [0.25, 0.3) is 5.91 Å². The third kappa shape index (κ3) is 2.94. The van der Waals surface area contributed by atoms with E-state index in [0.717, 1.165) is 30.9 Å². The van der Waals surface area contributed by atoms with Gasteiger partial charge in [-0.15, -0.1) is 0 Å². The zero-order valence-electron chi connectivity index (χ0n) is 11.8. The highest BCUT2D eigenvalue weighted by atomic mass is 35.5. The molecule has 1 amide bonds. The average molecular weight is 305 g/mol. The van der Waals surface area contributed by atoms with Gasteiger partial charge in [0.1, 0.15) is 5.69 Å². The molecule has 21 heavy (non-hydrogen) atoms. The minimum absolute atomic E-state index is 0.00304. The third-order valence-corrected chi connectivity index (χ3v) is 3.96. The van der Waals surface area contributed by atoms with E-state index in [4.69, 9.17) is 11.6 Å². The normalized spacial score (nSPS) is 18.8. The van der Waals surface area contributed by atoms with Crippen LogP contribution in [0.5, 0.6) is 0 Å². The smallest absolute Gasteiger partial charge is 0.272 e. The first-order valence-electron chi connectivity index (χ1n) is 6.98. The first-order chi connectivity index (χ1) is 10.1. The van der Waals surface area contributed by atoms with E-state index < -0.39 is 0 Å². The molecule has 0 aliphatic carbocycles. The summed E-state index contributed by atoms with van der Waals surface area (Å²) in [7, 11) is 0. The van der Waals surface area contributed by atoms with E-state index in [1.165, 1.54) is 0 Å². The van der Waals surface area contributed by atoms with E-state index in [1.807, 2.05) is 36.1 Å². The number of benzene rings is 1. The van der Waals surface area contributed by atoms with Crippen LogP contribution in [0.15, 0.2) is 30.3 Å². The summed E-state index contributed by atoms with van der Waals surface area (Å²) >= 11 is 5.88. The topological polar surface area (TPSA) is 61.0 Å². The lowest BCUT2D eigenvalue weighted by atomic mass is 10.1. The summed E-state index contributed by atoms with van der Waals surface area (Å²) < 4.78 is 0. The molecule has 6 heteroatoms. The Bertz CT molecular complexity index is 637. The molecular formula is C15H17ClN4O. The quantitative estimate of drug-likeness (QED) is 0.894. The number of aromatic amines is 1. The van der Waals surface area contributed by atoms with Gasteiger partial charge in [0.2, 0.25) is 0 Å². The van der Waals surface area contributed by atoms with Gasteiger partial charge in [0.05, 0.1) is 5.69 Å². The Balaban J connectivity index is 1.81. The van der Waals surface area contributed by atoms with Gasteiger partial charge in [-0.05, 0) is 25.1 Å². The van der Waals surface area contributed by atoms with Gasteiger partial charge in [-0.25, -0.2) is 0 Å². The van der Waals surface area contributed by atoms with Crippen molar-refractivity contribution in [3.05, 3.63) is 41.0 Å². The molecule has 0 radical (unpaired) electrons. The summed E-state index contributed by atoms with van der Waals surface area (Å²) in [4.78, 5) is 14.4. The van der Waals surface area contributed by atoms with Crippen molar-refractivity contribution in [2.75, 3.05) is 19.6 Å².